The second-order valence-electron chi connectivity index (χ2n) is 5.59. The van der Waals surface area contributed by atoms with Gasteiger partial charge in [-0.05, 0) is 44.1 Å². The van der Waals surface area contributed by atoms with Gasteiger partial charge in [0.15, 0.2) is 0 Å². The zero-order chi connectivity index (χ0) is 14.0. The third kappa shape index (κ3) is 2.81. The molecule has 1 amide bonds. The van der Waals surface area contributed by atoms with Crippen molar-refractivity contribution in [2.75, 3.05) is 13.1 Å². The number of piperidine rings is 1. The number of amides is 1. The predicted octanol–water partition coefficient (Wildman–Crippen LogP) is 2.71. The van der Waals surface area contributed by atoms with Crippen LogP contribution in [0, 0.1) is 11.3 Å². The van der Waals surface area contributed by atoms with Gasteiger partial charge in [0.1, 0.15) is 0 Å². The Morgan fingerprint density at radius 3 is 2.79 bits per heavy atom. The zero-order valence-corrected chi connectivity index (χ0v) is 12.1. The Balaban J connectivity index is 2.09. The molecule has 4 nitrogen and oxygen atoms in total. The van der Waals surface area contributed by atoms with Gasteiger partial charge in [-0.1, -0.05) is 6.07 Å². The molecule has 0 spiro atoms. The van der Waals surface area contributed by atoms with E-state index in [0.717, 1.165) is 24.3 Å². The van der Waals surface area contributed by atoms with E-state index in [1.165, 1.54) is 11.3 Å². The van der Waals surface area contributed by atoms with Gasteiger partial charge in [-0.15, -0.1) is 11.3 Å². The molecule has 1 N–H and O–H groups in total. The number of carbonyl (C=O) groups is 2. The van der Waals surface area contributed by atoms with Gasteiger partial charge < -0.3 is 10.0 Å². The molecule has 1 aliphatic rings. The van der Waals surface area contributed by atoms with Crippen LogP contribution in [0.2, 0.25) is 0 Å². The van der Waals surface area contributed by atoms with E-state index in [1.807, 2.05) is 17.5 Å². The summed E-state index contributed by atoms with van der Waals surface area (Å²) in [6, 6.07) is 3.68. The Labute approximate surface area is 117 Å². The number of rotatable bonds is 3. The lowest BCUT2D eigenvalue weighted by atomic mass is 9.74. The fraction of sp³-hybridized carbons (Fsp3) is 0.571. The summed E-state index contributed by atoms with van der Waals surface area (Å²) in [5.41, 5.74) is -0.783. The van der Waals surface area contributed by atoms with E-state index in [1.54, 1.807) is 18.7 Å². The Kier molecular flexibility index (Phi) is 3.94. The molecule has 1 aliphatic heterocycles. The van der Waals surface area contributed by atoms with Gasteiger partial charge in [-0.25, -0.2) is 0 Å². The molecule has 1 atom stereocenters. The van der Waals surface area contributed by atoms with Crippen molar-refractivity contribution in [1.82, 2.24) is 4.90 Å². The first-order chi connectivity index (χ1) is 8.93. The van der Waals surface area contributed by atoms with Gasteiger partial charge in [-0.3, -0.25) is 9.59 Å². The maximum absolute atomic E-state index is 12.3. The Morgan fingerprint density at radius 1 is 1.47 bits per heavy atom. The monoisotopic (exact) mass is 281 g/mol. The van der Waals surface area contributed by atoms with Crippen LogP contribution in [0.5, 0.6) is 0 Å². The van der Waals surface area contributed by atoms with Gasteiger partial charge in [-0.2, -0.15) is 0 Å². The van der Waals surface area contributed by atoms with Gasteiger partial charge in [0, 0.05) is 13.1 Å². The lowest BCUT2D eigenvalue weighted by Gasteiger charge is -2.39. The van der Waals surface area contributed by atoms with Gasteiger partial charge in [0.05, 0.1) is 10.3 Å². The first kappa shape index (κ1) is 14.1. The van der Waals surface area contributed by atoms with Crippen molar-refractivity contribution in [3.63, 3.8) is 0 Å². The molecule has 19 heavy (non-hydrogen) atoms. The summed E-state index contributed by atoms with van der Waals surface area (Å²) in [5.74, 6) is -0.744. The van der Waals surface area contributed by atoms with Crippen molar-refractivity contribution in [3.05, 3.63) is 22.4 Å². The van der Waals surface area contributed by atoms with Crippen molar-refractivity contribution < 1.29 is 14.7 Å². The largest absolute Gasteiger partial charge is 0.481 e. The van der Waals surface area contributed by atoms with E-state index < -0.39 is 11.4 Å². The fourth-order valence-corrected chi connectivity index (χ4v) is 3.17. The van der Waals surface area contributed by atoms with Crippen LogP contribution < -0.4 is 0 Å². The number of hydrogen-bond acceptors (Lipinski definition) is 3. The summed E-state index contributed by atoms with van der Waals surface area (Å²) in [6.07, 6.45) is 1.74. The molecule has 0 radical (unpaired) electrons. The molecule has 0 aliphatic carbocycles. The highest BCUT2D eigenvalue weighted by atomic mass is 32.1. The summed E-state index contributed by atoms with van der Waals surface area (Å²) in [7, 11) is 0. The zero-order valence-electron chi connectivity index (χ0n) is 11.3. The van der Waals surface area contributed by atoms with Crippen molar-refractivity contribution in [1.29, 1.82) is 0 Å². The third-order valence-corrected chi connectivity index (χ3v) is 4.87. The van der Waals surface area contributed by atoms with Gasteiger partial charge in [0.2, 0.25) is 0 Å². The summed E-state index contributed by atoms with van der Waals surface area (Å²) in [5, 5.41) is 11.2. The van der Waals surface area contributed by atoms with E-state index in [0.29, 0.717) is 6.54 Å². The van der Waals surface area contributed by atoms with Crippen LogP contribution in [0.1, 0.15) is 36.4 Å². The highest BCUT2D eigenvalue weighted by molar-refractivity contribution is 7.12. The molecule has 0 saturated carbocycles. The molecule has 1 fully saturated rings. The summed E-state index contributed by atoms with van der Waals surface area (Å²) < 4.78 is 0. The van der Waals surface area contributed by atoms with Crippen molar-refractivity contribution in [2.24, 2.45) is 11.3 Å². The molecule has 0 aromatic carbocycles. The third-order valence-electron chi connectivity index (χ3n) is 4.01. The van der Waals surface area contributed by atoms with Gasteiger partial charge in [0.25, 0.3) is 5.91 Å². The minimum Gasteiger partial charge on any atom is -0.481 e. The molecule has 0 bridgehead atoms. The molecule has 1 unspecified atom stereocenters. The Morgan fingerprint density at radius 2 is 2.21 bits per heavy atom. The number of thiophene rings is 1. The minimum atomic E-state index is -0.789. The molecule has 1 aromatic heterocycles. The molecule has 2 rings (SSSR count). The lowest BCUT2D eigenvalue weighted by Crippen LogP contribution is -2.46. The SMILES string of the molecule is CC(C)(C(=O)O)C1CCCN(C(=O)c2cccs2)C1. The van der Waals surface area contributed by atoms with E-state index in [-0.39, 0.29) is 11.8 Å². The first-order valence-electron chi connectivity index (χ1n) is 6.49. The van der Waals surface area contributed by atoms with Crippen molar-refractivity contribution in [3.8, 4) is 0 Å². The molecular weight excluding hydrogens is 262 g/mol. The van der Waals surface area contributed by atoms with E-state index >= 15 is 0 Å². The van der Waals surface area contributed by atoms with Crippen LogP contribution in [0.15, 0.2) is 17.5 Å². The summed E-state index contributed by atoms with van der Waals surface area (Å²) >= 11 is 1.43. The molecule has 5 heteroatoms. The number of likely N-dealkylation sites (tertiary alicyclic amines) is 1. The quantitative estimate of drug-likeness (QED) is 0.926. The smallest absolute Gasteiger partial charge is 0.309 e. The van der Waals surface area contributed by atoms with Crippen LogP contribution in [-0.4, -0.2) is 35.0 Å². The van der Waals surface area contributed by atoms with Crippen LogP contribution in [0.4, 0.5) is 0 Å². The normalized spacial score (nSPS) is 20.3. The van der Waals surface area contributed by atoms with Crippen molar-refractivity contribution >= 4 is 23.2 Å². The lowest BCUT2D eigenvalue weighted by molar-refractivity contribution is -0.151. The minimum absolute atomic E-state index is 0.0164. The molecule has 104 valence electrons. The van der Waals surface area contributed by atoms with Crippen LogP contribution >= 0.6 is 11.3 Å². The van der Waals surface area contributed by atoms with E-state index in [4.69, 9.17) is 0 Å². The highest BCUT2D eigenvalue weighted by Crippen LogP contribution is 2.34. The number of carboxylic acid groups (broad SMARTS) is 1. The van der Waals surface area contributed by atoms with Crippen LogP contribution in [0.25, 0.3) is 0 Å². The second-order valence-corrected chi connectivity index (χ2v) is 6.54. The number of aliphatic carboxylic acids is 1. The van der Waals surface area contributed by atoms with Crippen LogP contribution in [-0.2, 0) is 4.79 Å². The van der Waals surface area contributed by atoms with Crippen molar-refractivity contribution in [2.45, 2.75) is 26.7 Å². The number of carbonyl (C=O) groups excluding carboxylic acids is 1. The first-order valence-corrected chi connectivity index (χ1v) is 7.37. The Bertz CT molecular complexity index is 467. The molecule has 2 heterocycles. The topological polar surface area (TPSA) is 57.6 Å². The molecule has 1 aromatic rings. The number of carboxylic acids is 1. The Hall–Kier alpha value is -1.36. The standard InChI is InChI=1S/C14H19NO3S/c1-14(2,13(17)18)10-5-3-7-15(9-10)12(16)11-6-4-8-19-11/h4,6,8,10H,3,5,7,9H2,1-2H3,(H,17,18). The van der Waals surface area contributed by atoms with E-state index in [2.05, 4.69) is 0 Å². The summed E-state index contributed by atoms with van der Waals surface area (Å²) in [4.78, 5) is 26.1. The maximum Gasteiger partial charge on any atom is 0.309 e. The number of nitrogens with zero attached hydrogens (tertiary/aromatic N) is 1. The average molecular weight is 281 g/mol. The predicted molar refractivity (Wildman–Crippen MR) is 74.4 cm³/mol. The van der Waals surface area contributed by atoms with Crippen LogP contribution in [0.3, 0.4) is 0 Å². The maximum atomic E-state index is 12.3. The summed E-state index contributed by atoms with van der Waals surface area (Å²) in [6.45, 7) is 4.76. The number of hydrogen-bond donors (Lipinski definition) is 1. The molecular formula is C14H19NO3S. The van der Waals surface area contributed by atoms with Gasteiger partial charge >= 0.3 is 5.97 Å². The van der Waals surface area contributed by atoms with E-state index in [9.17, 15) is 14.7 Å². The molecule has 1 saturated heterocycles. The highest BCUT2D eigenvalue weighted by Gasteiger charge is 2.40. The fourth-order valence-electron chi connectivity index (χ4n) is 2.48. The average Bonchev–Trinajstić information content (AvgIpc) is 2.91. The second kappa shape index (κ2) is 5.33.